The van der Waals surface area contributed by atoms with Crippen LogP contribution in [0.4, 0.5) is 19.0 Å². The average molecular weight is 643 g/mol. The van der Waals surface area contributed by atoms with Gasteiger partial charge in [0.2, 0.25) is 0 Å². The van der Waals surface area contributed by atoms with E-state index in [1.165, 1.54) is 27.5 Å². The van der Waals surface area contributed by atoms with E-state index in [1.54, 1.807) is 38.1 Å². The number of thiophene rings is 1. The van der Waals surface area contributed by atoms with Gasteiger partial charge in [0.15, 0.2) is 0 Å². The minimum absolute atomic E-state index is 0.0104. The van der Waals surface area contributed by atoms with Gasteiger partial charge in [-0.25, -0.2) is 14.8 Å². The van der Waals surface area contributed by atoms with Gasteiger partial charge in [0.05, 0.1) is 39.4 Å². The zero-order valence-corrected chi connectivity index (χ0v) is 24.9. The Balaban J connectivity index is 1.50. The number of nitriles is 1. The number of nitrogens with zero attached hydrogens (tertiary/aromatic N) is 6. The third-order valence-electron chi connectivity index (χ3n) is 6.75. The molecule has 4 heterocycles. The van der Waals surface area contributed by atoms with E-state index in [0.717, 1.165) is 11.9 Å². The number of carbonyl (C=O) groups is 1. The molecule has 44 heavy (non-hydrogen) atoms. The number of aryl methyl sites for hydroxylation is 2. The van der Waals surface area contributed by atoms with E-state index >= 15 is 0 Å². The number of rotatable bonds is 8. The Labute approximate surface area is 256 Å². The van der Waals surface area contributed by atoms with E-state index in [9.17, 15) is 33.1 Å². The van der Waals surface area contributed by atoms with Gasteiger partial charge in [-0.05, 0) is 38.1 Å². The van der Waals surface area contributed by atoms with E-state index in [-0.39, 0.29) is 46.8 Å². The van der Waals surface area contributed by atoms with Crippen LogP contribution in [-0.2, 0) is 6.54 Å². The van der Waals surface area contributed by atoms with Crippen LogP contribution in [0.5, 0.6) is 5.75 Å². The lowest BCUT2D eigenvalue weighted by Crippen LogP contribution is -2.33. The van der Waals surface area contributed by atoms with E-state index in [2.05, 4.69) is 15.0 Å². The molecule has 15 heteroatoms. The third kappa shape index (κ3) is 5.88. The Hall–Kier alpha value is -4.74. The minimum Gasteiger partial charge on any atom is -0.491 e. The van der Waals surface area contributed by atoms with E-state index in [1.807, 2.05) is 6.07 Å². The Morgan fingerprint density at radius 3 is 2.66 bits per heavy atom. The summed E-state index contributed by atoms with van der Waals surface area (Å²) in [5.74, 6) is -0.686. The van der Waals surface area contributed by atoms with Gasteiger partial charge in [-0.15, -0.1) is 11.3 Å². The number of halogens is 4. The van der Waals surface area contributed by atoms with Gasteiger partial charge >= 0.3 is 12.1 Å². The van der Waals surface area contributed by atoms with Crippen LogP contribution in [0.1, 0.15) is 27.4 Å². The fraction of sp³-hybridized carbons (Fsp3) is 0.241. The van der Waals surface area contributed by atoms with Gasteiger partial charge in [0.25, 0.3) is 5.56 Å². The normalized spacial score (nSPS) is 11.6. The molecule has 1 aromatic carbocycles. The topological polar surface area (TPSA) is 134 Å². The lowest BCUT2D eigenvalue weighted by molar-refractivity contribution is -0.119. The summed E-state index contributed by atoms with van der Waals surface area (Å²) < 4.78 is 47.1. The van der Waals surface area contributed by atoms with Crippen molar-refractivity contribution in [3.05, 3.63) is 73.9 Å². The standard InChI is InChI=1S/C29H22ClF3N6O4S/c1-14-8-18(25-24(36-14)20(12-44-25)28(41)42)17-9-16(30)4-5-22(17)43-7-6-39-15(2)37-21-11-35-26(38(3)13-29(31,32)33)19(10-34)23(21)27(39)40/h4-5,8-9,11-12H,6-7,13H2,1-3H3,(H,41,42). The first kappa shape index (κ1) is 30.7. The fourth-order valence-electron chi connectivity index (χ4n) is 4.89. The van der Waals surface area contributed by atoms with Crippen LogP contribution in [0.2, 0.25) is 5.02 Å². The summed E-state index contributed by atoms with van der Waals surface area (Å²) in [6.45, 7) is 1.92. The molecule has 0 aliphatic rings. The SMILES string of the molecule is Cc1cc(-c2cc(Cl)ccc2OCCn2c(C)nc3cnc(N(C)CC(F)(F)F)c(C#N)c3c2=O)c2scc(C(=O)O)c2n1. The summed E-state index contributed by atoms with van der Waals surface area (Å²) >= 11 is 7.56. The molecule has 1 N–H and O–H groups in total. The smallest absolute Gasteiger partial charge is 0.405 e. The van der Waals surface area contributed by atoms with Crippen LogP contribution in [0, 0.1) is 25.2 Å². The lowest BCUT2D eigenvalue weighted by Gasteiger charge is -2.21. The van der Waals surface area contributed by atoms with Crippen molar-refractivity contribution in [2.45, 2.75) is 26.6 Å². The number of carboxylic acids is 1. The number of hydrogen-bond donors (Lipinski definition) is 1. The van der Waals surface area contributed by atoms with Gasteiger partial charge in [0.1, 0.15) is 42.2 Å². The monoisotopic (exact) mass is 642 g/mol. The molecule has 5 aromatic rings. The van der Waals surface area contributed by atoms with Crippen molar-refractivity contribution in [3.63, 3.8) is 0 Å². The molecule has 10 nitrogen and oxygen atoms in total. The van der Waals surface area contributed by atoms with Crippen molar-refractivity contribution >= 4 is 55.8 Å². The zero-order chi connectivity index (χ0) is 31.9. The molecule has 5 rings (SSSR count). The van der Waals surface area contributed by atoms with Crippen molar-refractivity contribution < 1.29 is 27.8 Å². The highest BCUT2D eigenvalue weighted by Gasteiger charge is 2.31. The summed E-state index contributed by atoms with van der Waals surface area (Å²) in [4.78, 5) is 38.8. The minimum atomic E-state index is -4.55. The molecule has 0 radical (unpaired) electrons. The molecule has 0 amide bonds. The maximum atomic E-state index is 13.6. The van der Waals surface area contributed by atoms with Crippen molar-refractivity contribution in [3.8, 4) is 22.9 Å². The summed E-state index contributed by atoms with van der Waals surface area (Å²) in [5, 5.41) is 21.2. The van der Waals surface area contributed by atoms with Gasteiger partial charge in [-0.3, -0.25) is 14.3 Å². The number of alkyl halides is 3. The number of pyridine rings is 2. The summed E-state index contributed by atoms with van der Waals surface area (Å²) in [7, 11) is 1.14. The molecular weight excluding hydrogens is 621 g/mol. The van der Waals surface area contributed by atoms with Gasteiger partial charge in [-0.1, -0.05) is 11.6 Å². The van der Waals surface area contributed by atoms with Crippen LogP contribution in [0.3, 0.4) is 0 Å². The molecule has 0 aliphatic carbocycles. The Morgan fingerprint density at radius 1 is 1.23 bits per heavy atom. The van der Waals surface area contributed by atoms with Crippen LogP contribution in [-0.4, -0.2) is 57.0 Å². The molecule has 0 bridgehead atoms. The molecule has 0 saturated heterocycles. The first-order valence-corrected chi connectivity index (χ1v) is 14.2. The number of ether oxygens (including phenoxy) is 1. The number of benzene rings is 1. The molecule has 0 aliphatic heterocycles. The van der Waals surface area contributed by atoms with E-state index < -0.39 is 24.2 Å². The third-order valence-corrected chi connectivity index (χ3v) is 7.98. The van der Waals surface area contributed by atoms with Crippen molar-refractivity contribution in [2.75, 3.05) is 25.1 Å². The predicted octanol–water partition coefficient (Wildman–Crippen LogP) is 5.99. The predicted molar refractivity (Wildman–Crippen MR) is 160 cm³/mol. The molecule has 0 unspecified atom stereocenters. The number of aromatic carboxylic acids is 1. The second-order valence-electron chi connectivity index (χ2n) is 9.85. The first-order chi connectivity index (χ1) is 20.8. The number of hydrogen-bond acceptors (Lipinski definition) is 9. The zero-order valence-electron chi connectivity index (χ0n) is 23.4. The Morgan fingerprint density at radius 2 is 1.98 bits per heavy atom. The molecule has 0 spiro atoms. The van der Waals surface area contributed by atoms with Crippen molar-refractivity contribution in [1.82, 2.24) is 19.5 Å². The van der Waals surface area contributed by atoms with E-state index in [0.29, 0.717) is 37.8 Å². The molecule has 0 fully saturated rings. The quantitative estimate of drug-likeness (QED) is 0.217. The average Bonchev–Trinajstić information content (AvgIpc) is 3.37. The Bertz CT molecular complexity index is 2050. The summed E-state index contributed by atoms with van der Waals surface area (Å²) in [6, 6.07) is 8.59. The maximum Gasteiger partial charge on any atom is 0.405 e. The highest BCUT2D eigenvalue weighted by atomic mass is 35.5. The highest BCUT2D eigenvalue weighted by Crippen LogP contribution is 2.40. The van der Waals surface area contributed by atoms with E-state index in [4.69, 9.17) is 16.3 Å². The lowest BCUT2D eigenvalue weighted by atomic mass is 10.0. The largest absolute Gasteiger partial charge is 0.491 e. The number of fused-ring (bicyclic) bond motifs is 2. The second-order valence-corrected chi connectivity index (χ2v) is 11.2. The van der Waals surface area contributed by atoms with Gasteiger partial charge in [0, 0.05) is 34.3 Å². The Kier molecular flexibility index (Phi) is 8.19. The molecule has 0 atom stereocenters. The number of carboxylic acid groups (broad SMARTS) is 1. The first-order valence-electron chi connectivity index (χ1n) is 12.9. The van der Waals surface area contributed by atoms with Crippen LogP contribution in [0.15, 0.2) is 40.6 Å². The molecule has 0 saturated carbocycles. The summed E-state index contributed by atoms with van der Waals surface area (Å²) in [5.41, 5.74) is 1.42. The molecular formula is C29H22ClF3N6O4S. The van der Waals surface area contributed by atoms with Crippen molar-refractivity contribution in [1.29, 1.82) is 5.26 Å². The number of anilines is 1. The van der Waals surface area contributed by atoms with Crippen LogP contribution >= 0.6 is 22.9 Å². The number of aromatic nitrogens is 4. The van der Waals surface area contributed by atoms with Crippen LogP contribution < -0.4 is 15.2 Å². The second kappa shape index (κ2) is 11.7. The van der Waals surface area contributed by atoms with Gasteiger partial charge < -0.3 is 14.7 Å². The maximum absolute atomic E-state index is 13.6. The van der Waals surface area contributed by atoms with Crippen LogP contribution in [0.25, 0.3) is 32.2 Å². The fourth-order valence-corrected chi connectivity index (χ4v) is 6.07. The highest BCUT2D eigenvalue weighted by molar-refractivity contribution is 7.18. The molecule has 226 valence electrons. The summed E-state index contributed by atoms with van der Waals surface area (Å²) in [6.07, 6.45) is -3.38. The molecule has 4 aromatic heterocycles. The van der Waals surface area contributed by atoms with Gasteiger partial charge in [-0.2, -0.15) is 18.4 Å². The van der Waals surface area contributed by atoms with Crippen molar-refractivity contribution in [2.24, 2.45) is 0 Å².